The monoisotopic (exact) mass is 599 g/mol. The fraction of sp³-hybridized carbons (Fsp3) is 0.333. The summed E-state index contributed by atoms with van der Waals surface area (Å²) in [5.74, 6) is -1.76. The summed E-state index contributed by atoms with van der Waals surface area (Å²) in [4.78, 5) is 27.0. The van der Waals surface area contributed by atoms with Crippen LogP contribution in [0.5, 0.6) is 0 Å². The summed E-state index contributed by atoms with van der Waals surface area (Å²) in [6.45, 7) is 2.46. The maximum Gasteiger partial charge on any atom is 0.264 e. The lowest BCUT2D eigenvalue weighted by Gasteiger charge is -2.45. The van der Waals surface area contributed by atoms with E-state index in [4.69, 9.17) is 11.6 Å². The van der Waals surface area contributed by atoms with E-state index in [0.717, 1.165) is 30.5 Å². The number of nitrogens with one attached hydrogen (secondary N) is 1. The summed E-state index contributed by atoms with van der Waals surface area (Å²) in [5, 5.41) is 2.50. The van der Waals surface area contributed by atoms with E-state index in [0.29, 0.717) is 37.3 Å². The Kier molecular flexibility index (Phi) is 6.81. The molecule has 1 N–H and O–H groups in total. The quantitative estimate of drug-likeness (QED) is 0.405. The van der Waals surface area contributed by atoms with Crippen LogP contribution in [-0.4, -0.2) is 44.3 Å². The minimum atomic E-state index is -4.08. The van der Waals surface area contributed by atoms with Gasteiger partial charge in [-0.05, 0) is 91.8 Å². The normalized spacial score (nSPS) is 19.8. The molecule has 1 spiro atoms. The maximum atomic E-state index is 14.2. The van der Waals surface area contributed by atoms with Gasteiger partial charge in [0.1, 0.15) is 11.6 Å². The molecule has 214 valence electrons. The second-order valence-corrected chi connectivity index (χ2v) is 13.2. The highest BCUT2D eigenvalue weighted by atomic mass is 35.5. The van der Waals surface area contributed by atoms with E-state index < -0.39 is 39.0 Å². The van der Waals surface area contributed by atoms with Gasteiger partial charge in [0.2, 0.25) is 5.91 Å². The highest BCUT2D eigenvalue weighted by Crippen LogP contribution is 2.59. The molecular formula is C30H28ClF2N3O4S. The van der Waals surface area contributed by atoms with Crippen LogP contribution in [0.3, 0.4) is 0 Å². The molecule has 41 heavy (non-hydrogen) atoms. The summed E-state index contributed by atoms with van der Waals surface area (Å²) in [7, 11) is -4.08. The smallest absolute Gasteiger partial charge is 0.264 e. The molecule has 3 aliphatic rings. The van der Waals surface area contributed by atoms with E-state index in [1.807, 2.05) is 0 Å². The lowest BCUT2D eigenvalue weighted by molar-refractivity contribution is -0.130. The number of benzene rings is 3. The highest BCUT2D eigenvalue weighted by Gasteiger charge is 2.60. The maximum absolute atomic E-state index is 14.2. The van der Waals surface area contributed by atoms with Crippen molar-refractivity contribution in [1.29, 1.82) is 0 Å². The van der Waals surface area contributed by atoms with Crippen molar-refractivity contribution in [3.63, 3.8) is 0 Å². The van der Waals surface area contributed by atoms with Crippen LogP contribution < -0.4 is 9.62 Å². The molecule has 1 aliphatic carbocycles. The Bertz CT molecular complexity index is 1650. The Morgan fingerprint density at radius 1 is 1.00 bits per heavy atom. The molecule has 0 bridgehead atoms. The molecule has 1 atom stereocenters. The SMILES string of the molecule is CC(=O)N1CCC2(CC1)c1cc(NC(=O)c3cccc(F)c3Cl)ccc1N(S(=O)(=O)c1ccc(F)cc1)C2C1CC1. The van der Waals surface area contributed by atoms with Crippen LogP contribution in [0.1, 0.15) is 48.5 Å². The number of rotatable bonds is 5. The summed E-state index contributed by atoms with van der Waals surface area (Å²) in [6, 6.07) is 13.5. The summed E-state index contributed by atoms with van der Waals surface area (Å²) < 4.78 is 57.6. The predicted molar refractivity (Wildman–Crippen MR) is 152 cm³/mol. The number of hydrogen-bond donors (Lipinski definition) is 1. The Hall–Kier alpha value is -3.50. The molecule has 11 heteroatoms. The van der Waals surface area contributed by atoms with Crippen molar-refractivity contribution in [2.75, 3.05) is 22.7 Å². The Morgan fingerprint density at radius 3 is 2.32 bits per heavy atom. The first-order valence-electron chi connectivity index (χ1n) is 13.5. The number of likely N-dealkylation sites (tertiary alicyclic amines) is 1. The van der Waals surface area contributed by atoms with Gasteiger partial charge in [0.05, 0.1) is 27.2 Å². The van der Waals surface area contributed by atoms with Gasteiger partial charge in [-0.25, -0.2) is 17.2 Å². The average molecular weight is 600 g/mol. The van der Waals surface area contributed by atoms with Gasteiger partial charge in [0.15, 0.2) is 0 Å². The van der Waals surface area contributed by atoms with Crippen molar-refractivity contribution in [2.45, 2.75) is 49.0 Å². The molecular weight excluding hydrogens is 572 g/mol. The van der Waals surface area contributed by atoms with Gasteiger partial charge < -0.3 is 10.2 Å². The number of nitrogens with zero attached hydrogens (tertiary/aromatic N) is 2. The Labute approximate surface area is 242 Å². The van der Waals surface area contributed by atoms with Crippen molar-refractivity contribution >= 4 is 44.8 Å². The van der Waals surface area contributed by atoms with Crippen molar-refractivity contribution < 1.29 is 26.8 Å². The number of carbonyl (C=O) groups excluding carboxylic acids is 2. The highest BCUT2D eigenvalue weighted by molar-refractivity contribution is 7.92. The number of piperidine rings is 1. The fourth-order valence-electron chi connectivity index (χ4n) is 6.46. The molecule has 2 amide bonds. The fourth-order valence-corrected chi connectivity index (χ4v) is 8.47. The van der Waals surface area contributed by atoms with Crippen LogP contribution in [0.15, 0.2) is 65.6 Å². The second kappa shape index (κ2) is 10.1. The predicted octanol–water partition coefficient (Wildman–Crippen LogP) is 5.74. The van der Waals surface area contributed by atoms with Gasteiger partial charge in [0.25, 0.3) is 15.9 Å². The molecule has 1 unspecified atom stereocenters. The molecule has 2 fully saturated rings. The summed E-state index contributed by atoms with van der Waals surface area (Å²) in [5.41, 5.74) is 1.06. The second-order valence-electron chi connectivity index (χ2n) is 11.0. The van der Waals surface area contributed by atoms with Crippen molar-refractivity contribution in [3.8, 4) is 0 Å². The molecule has 3 aromatic rings. The van der Waals surface area contributed by atoms with Crippen molar-refractivity contribution in [2.24, 2.45) is 5.92 Å². The molecule has 2 heterocycles. The Morgan fingerprint density at radius 2 is 1.68 bits per heavy atom. The third-order valence-electron chi connectivity index (χ3n) is 8.58. The van der Waals surface area contributed by atoms with Crippen molar-refractivity contribution in [1.82, 2.24) is 4.90 Å². The van der Waals surface area contributed by atoms with Gasteiger partial charge in [-0.15, -0.1) is 0 Å². The molecule has 0 radical (unpaired) electrons. The van der Waals surface area contributed by atoms with Gasteiger partial charge in [-0.3, -0.25) is 13.9 Å². The number of anilines is 2. The standard InChI is InChI=1S/C30H28ClF2N3O4S/c1-18(37)35-15-13-30(14-16-35)24-17-21(34-29(38)23-3-2-4-25(33)27(23)31)9-12-26(24)36(28(30)19-5-6-19)41(39,40)22-10-7-20(32)8-11-22/h2-4,7-12,17,19,28H,5-6,13-16H2,1H3,(H,34,38). The number of fused-ring (bicyclic) bond motifs is 2. The van der Waals surface area contributed by atoms with E-state index in [1.54, 1.807) is 23.1 Å². The van der Waals surface area contributed by atoms with Crippen LogP contribution in [0, 0.1) is 17.6 Å². The van der Waals surface area contributed by atoms with Crippen LogP contribution in [-0.2, 0) is 20.2 Å². The zero-order chi connectivity index (χ0) is 29.1. The van der Waals surface area contributed by atoms with Gasteiger partial charge >= 0.3 is 0 Å². The molecule has 1 saturated carbocycles. The topological polar surface area (TPSA) is 86.8 Å². The van der Waals surface area contributed by atoms with Gasteiger partial charge in [0, 0.05) is 31.1 Å². The van der Waals surface area contributed by atoms with E-state index in [-0.39, 0.29) is 27.3 Å². The van der Waals surface area contributed by atoms with Crippen LogP contribution in [0.4, 0.5) is 20.2 Å². The number of amides is 2. The zero-order valence-electron chi connectivity index (χ0n) is 22.2. The number of carbonyl (C=O) groups is 2. The number of sulfonamides is 1. The van der Waals surface area contributed by atoms with E-state index >= 15 is 0 Å². The molecule has 6 rings (SSSR count). The minimum absolute atomic E-state index is 0.00755. The van der Waals surface area contributed by atoms with Gasteiger partial charge in [-0.2, -0.15) is 0 Å². The molecule has 7 nitrogen and oxygen atoms in total. The largest absolute Gasteiger partial charge is 0.343 e. The third-order valence-corrected chi connectivity index (χ3v) is 10.8. The number of halogens is 3. The first kappa shape index (κ1) is 27.7. The summed E-state index contributed by atoms with van der Waals surface area (Å²) >= 11 is 6.04. The van der Waals surface area contributed by atoms with Crippen molar-refractivity contribution in [3.05, 3.63) is 88.4 Å². The van der Waals surface area contributed by atoms with E-state index in [1.165, 1.54) is 41.6 Å². The van der Waals surface area contributed by atoms with Crippen LogP contribution in [0.25, 0.3) is 0 Å². The van der Waals surface area contributed by atoms with Gasteiger partial charge in [-0.1, -0.05) is 17.7 Å². The lowest BCUT2D eigenvalue weighted by atomic mass is 9.68. The molecule has 0 aromatic heterocycles. The first-order chi connectivity index (χ1) is 19.5. The Balaban J connectivity index is 1.46. The van der Waals surface area contributed by atoms with Crippen LogP contribution in [0.2, 0.25) is 5.02 Å². The third kappa shape index (κ3) is 4.67. The van der Waals surface area contributed by atoms with Crippen LogP contribution >= 0.6 is 11.6 Å². The van der Waals surface area contributed by atoms with E-state index in [2.05, 4.69) is 5.32 Å². The minimum Gasteiger partial charge on any atom is -0.343 e. The average Bonchev–Trinajstić information content (AvgIpc) is 3.75. The zero-order valence-corrected chi connectivity index (χ0v) is 23.8. The molecule has 2 aliphatic heterocycles. The summed E-state index contributed by atoms with van der Waals surface area (Å²) in [6.07, 6.45) is 2.83. The lowest BCUT2D eigenvalue weighted by Crippen LogP contribution is -2.54. The number of hydrogen-bond acceptors (Lipinski definition) is 4. The molecule has 3 aromatic carbocycles. The molecule has 1 saturated heterocycles. The first-order valence-corrected chi connectivity index (χ1v) is 15.3. The van der Waals surface area contributed by atoms with E-state index in [9.17, 15) is 26.8 Å².